The minimum atomic E-state index is -0.364. The Bertz CT molecular complexity index is 1040. The summed E-state index contributed by atoms with van der Waals surface area (Å²) in [5, 5.41) is 2.41. The molecule has 0 spiro atoms. The van der Waals surface area contributed by atoms with E-state index in [0.29, 0.717) is 25.7 Å². The smallest absolute Gasteiger partial charge is 0.233 e. The van der Waals surface area contributed by atoms with Gasteiger partial charge in [-0.05, 0) is 35.8 Å². The van der Waals surface area contributed by atoms with E-state index in [2.05, 4.69) is 52.3 Å². The second kappa shape index (κ2) is 8.80. The number of amides is 1. The lowest BCUT2D eigenvalue weighted by Gasteiger charge is -2.35. The molecule has 3 aromatic rings. The van der Waals surface area contributed by atoms with Crippen LogP contribution in [0.2, 0.25) is 0 Å². The van der Waals surface area contributed by atoms with Crippen molar-refractivity contribution in [2.24, 2.45) is 5.92 Å². The second-order valence-electron chi connectivity index (χ2n) is 9.07. The first kappa shape index (κ1) is 20.2. The van der Waals surface area contributed by atoms with E-state index in [1.807, 2.05) is 24.5 Å². The molecular weight excluding hydrogens is 384 g/mol. The third kappa shape index (κ3) is 3.97. The normalized spacial score (nSPS) is 21.2. The maximum Gasteiger partial charge on any atom is 0.233 e. The van der Waals surface area contributed by atoms with Crippen LogP contribution in [0.3, 0.4) is 0 Å². The van der Waals surface area contributed by atoms with Gasteiger partial charge in [0.25, 0.3) is 0 Å². The average Bonchev–Trinajstić information content (AvgIpc) is 3.21. The van der Waals surface area contributed by atoms with Gasteiger partial charge in [-0.15, -0.1) is 0 Å². The Morgan fingerprint density at radius 2 is 1.81 bits per heavy atom. The topological polar surface area (TPSA) is 42.4 Å². The first-order valence-electron chi connectivity index (χ1n) is 11.5. The van der Waals surface area contributed by atoms with E-state index in [1.165, 1.54) is 16.5 Å². The molecule has 1 unspecified atom stereocenters. The molecule has 4 nitrogen and oxygen atoms in total. The summed E-state index contributed by atoms with van der Waals surface area (Å²) < 4.78 is 5.96. The van der Waals surface area contributed by atoms with Crippen molar-refractivity contribution in [2.45, 2.75) is 37.5 Å². The zero-order chi connectivity index (χ0) is 21.1. The summed E-state index contributed by atoms with van der Waals surface area (Å²) in [7, 11) is 0. The number of benzene rings is 2. The Labute approximate surface area is 184 Å². The van der Waals surface area contributed by atoms with Gasteiger partial charge in [-0.1, -0.05) is 67.4 Å². The monoisotopic (exact) mass is 414 g/mol. The van der Waals surface area contributed by atoms with Gasteiger partial charge in [0.1, 0.15) is 0 Å². The van der Waals surface area contributed by atoms with Gasteiger partial charge in [-0.3, -0.25) is 9.78 Å². The van der Waals surface area contributed by atoms with Gasteiger partial charge in [0.15, 0.2) is 0 Å². The van der Waals surface area contributed by atoms with Crippen molar-refractivity contribution in [3.63, 3.8) is 0 Å². The Kier molecular flexibility index (Phi) is 5.73. The summed E-state index contributed by atoms with van der Waals surface area (Å²) in [6.07, 6.45) is 8.91. The summed E-state index contributed by atoms with van der Waals surface area (Å²) in [6.45, 7) is 2.72. The number of fused-ring (bicyclic) bond motifs is 1. The molecule has 1 saturated carbocycles. The van der Waals surface area contributed by atoms with Crippen molar-refractivity contribution in [3.8, 4) is 0 Å². The van der Waals surface area contributed by atoms with Gasteiger partial charge in [-0.2, -0.15) is 0 Å². The highest BCUT2D eigenvalue weighted by atomic mass is 16.5. The summed E-state index contributed by atoms with van der Waals surface area (Å²) in [5.74, 6) is 0.566. The van der Waals surface area contributed by atoms with Crippen LogP contribution < -0.4 is 0 Å². The van der Waals surface area contributed by atoms with Crippen LogP contribution in [0.15, 0.2) is 67.0 Å². The van der Waals surface area contributed by atoms with Gasteiger partial charge >= 0.3 is 0 Å². The number of carbonyl (C=O) groups excluding carboxylic acids is 1. The van der Waals surface area contributed by atoms with Crippen molar-refractivity contribution in [3.05, 3.63) is 78.1 Å². The second-order valence-corrected chi connectivity index (χ2v) is 9.07. The van der Waals surface area contributed by atoms with Gasteiger partial charge < -0.3 is 9.64 Å². The van der Waals surface area contributed by atoms with Crippen LogP contribution in [0.4, 0.5) is 0 Å². The van der Waals surface area contributed by atoms with Crippen molar-refractivity contribution in [2.75, 3.05) is 26.3 Å². The predicted molar refractivity (Wildman–Crippen MR) is 123 cm³/mol. The van der Waals surface area contributed by atoms with E-state index in [0.717, 1.165) is 44.0 Å². The fourth-order valence-corrected chi connectivity index (χ4v) is 5.51. The SMILES string of the molecule is O=C(N1CCOCC(Cc2cncc3ccccc23)C1)C1(c2ccccc2)CCCC1. The molecule has 31 heavy (non-hydrogen) atoms. The molecule has 1 aliphatic carbocycles. The highest BCUT2D eigenvalue weighted by Crippen LogP contribution is 2.43. The van der Waals surface area contributed by atoms with Gasteiger partial charge in [0.2, 0.25) is 5.91 Å². The maximum atomic E-state index is 13.9. The molecule has 1 aliphatic heterocycles. The van der Waals surface area contributed by atoms with Crippen molar-refractivity contribution >= 4 is 16.7 Å². The Morgan fingerprint density at radius 3 is 2.65 bits per heavy atom. The molecule has 2 aromatic carbocycles. The lowest BCUT2D eigenvalue weighted by Crippen LogP contribution is -2.47. The van der Waals surface area contributed by atoms with Crippen LogP contribution >= 0.6 is 0 Å². The molecule has 1 saturated heterocycles. The third-order valence-electron chi connectivity index (χ3n) is 7.08. The van der Waals surface area contributed by atoms with E-state index >= 15 is 0 Å². The van der Waals surface area contributed by atoms with Crippen LogP contribution in [-0.2, 0) is 21.4 Å². The van der Waals surface area contributed by atoms with Crippen molar-refractivity contribution in [1.82, 2.24) is 9.88 Å². The van der Waals surface area contributed by atoms with E-state index in [9.17, 15) is 4.79 Å². The quantitative estimate of drug-likeness (QED) is 0.618. The largest absolute Gasteiger partial charge is 0.379 e. The first-order chi connectivity index (χ1) is 15.3. The number of aromatic nitrogens is 1. The molecule has 1 atom stereocenters. The number of carbonyl (C=O) groups is 1. The highest BCUT2D eigenvalue weighted by Gasteiger charge is 2.45. The van der Waals surface area contributed by atoms with E-state index in [1.54, 1.807) is 0 Å². The molecule has 160 valence electrons. The molecule has 2 aliphatic rings. The minimum absolute atomic E-state index is 0.272. The van der Waals surface area contributed by atoms with Crippen LogP contribution in [0, 0.1) is 5.92 Å². The van der Waals surface area contributed by atoms with E-state index in [-0.39, 0.29) is 11.3 Å². The van der Waals surface area contributed by atoms with Crippen molar-refractivity contribution < 1.29 is 9.53 Å². The molecule has 1 aromatic heterocycles. The maximum absolute atomic E-state index is 13.9. The lowest BCUT2D eigenvalue weighted by atomic mass is 9.77. The standard InChI is InChI=1S/C27H30N2O2/c30-26(27(12-6-7-13-27)24-9-2-1-3-10-24)29-14-15-31-20-21(19-29)16-23-18-28-17-22-8-4-5-11-25(22)23/h1-5,8-11,17-18,21H,6-7,12-16,19-20H2. The highest BCUT2D eigenvalue weighted by molar-refractivity contribution is 5.89. The zero-order valence-corrected chi connectivity index (χ0v) is 18.0. The number of pyridine rings is 1. The summed E-state index contributed by atoms with van der Waals surface area (Å²) in [5.41, 5.74) is 2.05. The fraction of sp³-hybridized carbons (Fsp3) is 0.407. The summed E-state index contributed by atoms with van der Waals surface area (Å²) in [4.78, 5) is 20.5. The number of hydrogen-bond acceptors (Lipinski definition) is 3. The van der Waals surface area contributed by atoms with Crippen LogP contribution in [0.1, 0.15) is 36.8 Å². The molecule has 2 heterocycles. The van der Waals surface area contributed by atoms with E-state index < -0.39 is 0 Å². The third-order valence-corrected chi connectivity index (χ3v) is 7.08. The minimum Gasteiger partial charge on any atom is -0.379 e. The molecule has 1 amide bonds. The average molecular weight is 415 g/mol. The lowest BCUT2D eigenvalue weighted by molar-refractivity contribution is -0.137. The molecule has 0 radical (unpaired) electrons. The Hall–Kier alpha value is -2.72. The Morgan fingerprint density at radius 1 is 1.03 bits per heavy atom. The number of nitrogens with zero attached hydrogens (tertiary/aromatic N) is 2. The Balaban J connectivity index is 1.39. The summed E-state index contributed by atoms with van der Waals surface area (Å²) in [6, 6.07) is 18.8. The molecular formula is C27H30N2O2. The molecule has 0 N–H and O–H groups in total. The van der Waals surface area contributed by atoms with Crippen LogP contribution in [0.25, 0.3) is 10.8 Å². The molecule has 5 rings (SSSR count). The number of hydrogen-bond donors (Lipinski definition) is 0. The molecule has 0 bridgehead atoms. The number of rotatable bonds is 4. The van der Waals surface area contributed by atoms with Crippen LogP contribution in [-0.4, -0.2) is 42.1 Å². The van der Waals surface area contributed by atoms with Gasteiger partial charge in [0.05, 0.1) is 18.6 Å². The van der Waals surface area contributed by atoms with Crippen molar-refractivity contribution in [1.29, 1.82) is 0 Å². The van der Waals surface area contributed by atoms with E-state index in [4.69, 9.17) is 4.74 Å². The number of ether oxygens (including phenoxy) is 1. The molecule has 2 fully saturated rings. The molecule has 4 heteroatoms. The van der Waals surface area contributed by atoms with Gasteiger partial charge in [-0.25, -0.2) is 0 Å². The van der Waals surface area contributed by atoms with Gasteiger partial charge in [0, 0.05) is 36.8 Å². The van der Waals surface area contributed by atoms with Crippen LogP contribution in [0.5, 0.6) is 0 Å². The zero-order valence-electron chi connectivity index (χ0n) is 18.0. The predicted octanol–water partition coefficient (Wildman–Crippen LogP) is 4.76. The first-order valence-corrected chi connectivity index (χ1v) is 11.5. The fourth-order valence-electron chi connectivity index (χ4n) is 5.51. The summed E-state index contributed by atoms with van der Waals surface area (Å²) >= 11 is 0.